The molecule has 0 aliphatic carbocycles. The summed E-state index contributed by atoms with van der Waals surface area (Å²) in [6.07, 6.45) is 1.11. The molecule has 1 N–H and O–H groups in total. The number of hydrogen-bond acceptors (Lipinski definition) is 3. The first-order valence-corrected chi connectivity index (χ1v) is 7.74. The van der Waals surface area contributed by atoms with Gasteiger partial charge in [0.2, 0.25) is 0 Å². The van der Waals surface area contributed by atoms with Crippen LogP contribution in [0.4, 0.5) is 5.82 Å². The molecule has 20 heavy (non-hydrogen) atoms. The van der Waals surface area contributed by atoms with E-state index >= 15 is 0 Å². The summed E-state index contributed by atoms with van der Waals surface area (Å²) in [5.74, 6) is 0.977. The minimum absolute atomic E-state index is 0.205. The predicted molar refractivity (Wildman–Crippen MR) is 88.6 cm³/mol. The van der Waals surface area contributed by atoms with Crippen LogP contribution in [0, 0.1) is 5.41 Å². The third kappa shape index (κ3) is 4.64. The number of aromatic nitrogens is 1. The zero-order chi connectivity index (χ0) is 15.3. The molecule has 114 valence electrons. The molecule has 0 aliphatic rings. The van der Waals surface area contributed by atoms with Crippen LogP contribution in [-0.4, -0.2) is 24.6 Å². The fraction of sp³-hybridized carbons (Fsp3) is 0.688. The molecule has 1 aromatic heterocycles. The average Bonchev–Trinajstić information content (AvgIpc) is 2.38. The highest BCUT2D eigenvalue weighted by molar-refractivity contribution is 6.31. The Kier molecular flexibility index (Phi) is 6.28. The Labute approximate surface area is 128 Å². The first-order chi connectivity index (χ1) is 9.27. The van der Waals surface area contributed by atoms with Crippen molar-refractivity contribution in [2.45, 2.75) is 53.6 Å². The Morgan fingerprint density at radius 3 is 2.55 bits per heavy atom. The van der Waals surface area contributed by atoms with Crippen molar-refractivity contribution < 1.29 is 0 Å². The minimum atomic E-state index is 0.205. The smallest absolute Gasteiger partial charge is 0.128 e. The van der Waals surface area contributed by atoms with Crippen LogP contribution in [0.3, 0.4) is 0 Å². The maximum atomic E-state index is 6.23. The van der Waals surface area contributed by atoms with E-state index in [4.69, 9.17) is 16.6 Å². The molecule has 0 amide bonds. The molecule has 0 aliphatic heterocycles. The normalized spacial score (nSPS) is 13.3. The number of halogens is 1. The molecule has 1 rings (SSSR count). The van der Waals surface area contributed by atoms with Crippen LogP contribution in [0.5, 0.6) is 0 Å². The van der Waals surface area contributed by atoms with Crippen LogP contribution in [0.25, 0.3) is 0 Å². The van der Waals surface area contributed by atoms with Gasteiger partial charge >= 0.3 is 0 Å². The Bertz CT molecular complexity index is 426. The van der Waals surface area contributed by atoms with Crippen molar-refractivity contribution in [3.05, 3.63) is 22.8 Å². The second-order valence-electron chi connectivity index (χ2n) is 6.43. The van der Waals surface area contributed by atoms with Gasteiger partial charge in [-0.2, -0.15) is 0 Å². The number of nitrogens with zero attached hydrogens (tertiary/aromatic N) is 2. The third-order valence-corrected chi connectivity index (χ3v) is 4.16. The molecule has 1 atom stereocenters. The van der Waals surface area contributed by atoms with Crippen LogP contribution in [0.1, 0.15) is 46.7 Å². The Morgan fingerprint density at radius 1 is 1.35 bits per heavy atom. The highest BCUT2D eigenvalue weighted by atomic mass is 35.5. The molecular weight excluding hydrogens is 270 g/mol. The lowest BCUT2D eigenvalue weighted by Gasteiger charge is -2.36. The van der Waals surface area contributed by atoms with Gasteiger partial charge in [0, 0.05) is 19.6 Å². The molecule has 0 saturated heterocycles. The van der Waals surface area contributed by atoms with Crippen LogP contribution in [0.2, 0.25) is 5.02 Å². The number of nitrogens with one attached hydrogen (secondary N) is 1. The Morgan fingerprint density at radius 2 is 2.00 bits per heavy atom. The summed E-state index contributed by atoms with van der Waals surface area (Å²) in [5, 5.41) is 4.08. The largest absolute Gasteiger partial charge is 0.356 e. The van der Waals surface area contributed by atoms with E-state index in [-0.39, 0.29) is 5.41 Å². The SMILES string of the molecule is CCCNCc1nc(N(C)C(C)C(C)(C)C)ccc1Cl. The summed E-state index contributed by atoms with van der Waals surface area (Å²) < 4.78 is 0. The molecule has 0 radical (unpaired) electrons. The van der Waals surface area contributed by atoms with E-state index in [1.54, 1.807) is 0 Å². The molecular formula is C16H28ClN3. The van der Waals surface area contributed by atoms with Gasteiger partial charge in [0.05, 0.1) is 10.7 Å². The van der Waals surface area contributed by atoms with Gasteiger partial charge < -0.3 is 10.2 Å². The average molecular weight is 298 g/mol. The summed E-state index contributed by atoms with van der Waals surface area (Å²) in [4.78, 5) is 6.93. The van der Waals surface area contributed by atoms with Crippen molar-refractivity contribution in [3.8, 4) is 0 Å². The monoisotopic (exact) mass is 297 g/mol. The van der Waals surface area contributed by atoms with Gasteiger partial charge in [0.15, 0.2) is 0 Å². The van der Waals surface area contributed by atoms with E-state index in [1.807, 2.05) is 12.1 Å². The summed E-state index contributed by atoms with van der Waals surface area (Å²) in [6.45, 7) is 12.8. The third-order valence-electron chi connectivity index (χ3n) is 3.82. The van der Waals surface area contributed by atoms with E-state index in [2.05, 4.69) is 51.9 Å². The van der Waals surface area contributed by atoms with Crippen LogP contribution in [0.15, 0.2) is 12.1 Å². The van der Waals surface area contributed by atoms with Gasteiger partial charge in [0.1, 0.15) is 5.82 Å². The van der Waals surface area contributed by atoms with Crippen LogP contribution < -0.4 is 10.2 Å². The van der Waals surface area contributed by atoms with E-state index in [0.717, 1.165) is 36.0 Å². The van der Waals surface area contributed by atoms with E-state index in [1.165, 1.54) is 0 Å². The summed E-state index contributed by atoms with van der Waals surface area (Å²) in [6, 6.07) is 4.33. The maximum absolute atomic E-state index is 6.23. The zero-order valence-corrected chi connectivity index (χ0v) is 14.4. The Balaban J connectivity index is 2.88. The molecule has 1 heterocycles. The fourth-order valence-corrected chi connectivity index (χ4v) is 2.13. The maximum Gasteiger partial charge on any atom is 0.128 e. The van der Waals surface area contributed by atoms with Crippen molar-refractivity contribution in [1.82, 2.24) is 10.3 Å². The molecule has 0 spiro atoms. The number of rotatable bonds is 6. The van der Waals surface area contributed by atoms with Crippen molar-refractivity contribution >= 4 is 17.4 Å². The predicted octanol–water partition coefficient (Wildman–Crippen LogP) is 4.11. The second kappa shape index (κ2) is 7.28. The van der Waals surface area contributed by atoms with Crippen LogP contribution >= 0.6 is 11.6 Å². The first-order valence-electron chi connectivity index (χ1n) is 7.36. The quantitative estimate of drug-likeness (QED) is 0.801. The van der Waals surface area contributed by atoms with Crippen molar-refractivity contribution in [2.75, 3.05) is 18.5 Å². The van der Waals surface area contributed by atoms with Crippen LogP contribution in [-0.2, 0) is 6.54 Å². The summed E-state index contributed by atoms with van der Waals surface area (Å²) in [5.41, 5.74) is 1.13. The van der Waals surface area contributed by atoms with Gasteiger partial charge in [-0.05, 0) is 37.4 Å². The lowest BCUT2D eigenvalue weighted by Crippen LogP contribution is -2.40. The summed E-state index contributed by atoms with van der Waals surface area (Å²) in [7, 11) is 2.09. The van der Waals surface area contributed by atoms with Gasteiger partial charge in [-0.3, -0.25) is 0 Å². The van der Waals surface area contributed by atoms with E-state index in [0.29, 0.717) is 6.04 Å². The molecule has 4 heteroatoms. The van der Waals surface area contributed by atoms with E-state index in [9.17, 15) is 0 Å². The lowest BCUT2D eigenvalue weighted by molar-refractivity contribution is 0.328. The highest BCUT2D eigenvalue weighted by Gasteiger charge is 2.25. The molecule has 0 saturated carbocycles. The van der Waals surface area contributed by atoms with Crippen molar-refractivity contribution in [2.24, 2.45) is 5.41 Å². The number of anilines is 1. The number of pyridine rings is 1. The number of hydrogen-bond donors (Lipinski definition) is 1. The minimum Gasteiger partial charge on any atom is -0.356 e. The zero-order valence-electron chi connectivity index (χ0n) is 13.6. The highest BCUT2D eigenvalue weighted by Crippen LogP contribution is 2.27. The van der Waals surface area contributed by atoms with Gasteiger partial charge in [-0.25, -0.2) is 4.98 Å². The van der Waals surface area contributed by atoms with Gasteiger partial charge in [-0.15, -0.1) is 0 Å². The standard InChI is InChI=1S/C16H28ClN3/c1-7-10-18-11-14-13(17)8-9-15(19-14)20(6)12(2)16(3,4)5/h8-9,12,18H,7,10-11H2,1-6H3. The van der Waals surface area contributed by atoms with E-state index < -0.39 is 0 Å². The van der Waals surface area contributed by atoms with Gasteiger partial charge in [0.25, 0.3) is 0 Å². The van der Waals surface area contributed by atoms with Gasteiger partial charge in [-0.1, -0.05) is 39.3 Å². The topological polar surface area (TPSA) is 28.2 Å². The molecule has 0 aromatic carbocycles. The molecule has 1 unspecified atom stereocenters. The lowest BCUT2D eigenvalue weighted by atomic mass is 9.87. The Hall–Kier alpha value is -0.800. The molecule has 0 bridgehead atoms. The molecule has 1 aromatic rings. The van der Waals surface area contributed by atoms with Crippen molar-refractivity contribution in [1.29, 1.82) is 0 Å². The fourth-order valence-electron chi connectivity index (χ4n) is 1.96. The first kappa shape index (κ1) is 17.3. The van der Waals surface area contributed by atoms with Crippen molar-refractivity contribution in [3.63, 3.8) is 0 Å². The molecule has 3 nitrogen and oxygen atoms in total. The summed E-state index contributed by atoms with van der Waals surface area (Å²) >= 11 is 6.23. The second-order valence-corrected chi connectivity index (χ2v) is 6.83. The molecule has 0 fully saturated rings.